The highest BCUT2D eigenvalue weighted by molar-refractivity contribution is 4.89. The molecule has 0 aliphatic rings. The first kappa shape index (κ1) is 12.1. The van der Waals surface area contributed by atoms with Gasteiger partial charge in [-0.1, -0.05) is 31.8 Å². The minimum Gasteiger partial charge on any atom is -0.354 e. The Morgan fingerprint density at radius 1 is 0.867 bits per heavy atom. The lowest BCUT2D eigenvalue weighted by Gasteiger charge is -2.02. The van der Waals surface area contributed by atoms with E-state index in [9.17, 15) is 0 Å². The first-order valence-corrected chi connectivity index (χ1v) is 6.15. The molecule has 1 heteroatoms. The largest absolute Gasteiger partial charge is 0.354 e. The van der Waals surface area contributed by atoms with Crippen molar-refractivity contribution in [1.29, 1.82) is 0 Å². The van der Waals surface area contributed by atoms with Crippen molar-refractivity contribution in [3.05, 3.63) is 37.2 Å². The Hall–Kier alpha value is -0.980. The fourth-order valence-corrected chi connectivity index (χ4v) is 1.81. The zero-order valence-electron chi connectivity index (χ0n) is 9.70. The number of unbranched alkanes of at least 4 members (excludes halogenated alkanes) is 6. The van der Waals surface area contributed by atoms with Gasteiger partial charge in [0.1, 0.15) is 0 Å². The van der Waals surface area contributed by atoms with Crippen LogP contribution in [0, 0.1) is 0 Å². The van der Waals surface area contributed by atoms with E-state index in [-0.39, 0.29) is 0 Å². The summed E-state index contributed by atoms with van der Waals surface area (Å²) < 4.78 is 2.26. The summed E-state index contributed by atoms with van der Waals surface area (Å²) in [6.07, 6.45) is 15.6. The fourth-order valence-electron chi connectivity index (χ4n) is 1.81. The molecule has 0 bridgehead atoms. The lowest BCUT2D eigenvalue weighted by Crippen LogP contribution is -1.93. The van der Waals surface area contributed by atoms with Crippen LogP contribution in [0.4, 0.5) is 0 Å². The van der Waals surface area contributed by atoms with Crippen molar-refractivity contribution in [2.75, 3.05) is 0 Å². The molecule has 1 rings (SSSR count). The second-order valence-corrected chi connectivity index (χ2v) is 4.12. The van der Waals surface area contributed by atoms with Gasteiger partial charge < -0.3 is 4.57 Å². The smallest absolute Gasteiger partial charge is 0.0219 e. The SMILES string of the molecule is C=CCCCCCCCCn1cccc1. The third-order valence-corrected chi connectivity index (χ3v) is 2.74. The molecule has 1 aromatic heterocycles. The predicted octanol–water partition coefficient (Wildman–Crippen LogP) is 4.40. The number of hydrogen-bond donors (Lipinski definition) is 0. The molecule has 0 radical (unpaired) electrons. The normalized spacial score (nSPS) is 10.4. The molecule has 0 saturated heterocycles. The van der Waals surface area contributed by atoms with E-state index >= 15 is 0 Å². The van der Waals surface area contributed by atoms with E-state index in [1.54, 1.807) is 0 Å². The van der Waals surface area contributed by atoms with Crippen LogP contribution in [0.25, 0.3) is 0 Å². The van der Waals surface area contributed by atoms with Crippen LogP contribution < -0.4 is 0 Å². The first-order valence-electron chi connectivity index (χ1n) is 6.15. The molecule has 0 amide bonds. The van der Waals surface area contributed by atoms with E-state index in [1.165, 1.54) is 51.5 Å². The van der Waals surface area contributed by atoms with Gasteiger partial charge in [-0.25, -0.2) is 0 Å². The maximum atomic E-state index is 3.73. The number of nitrogens with zero attached hydrogens (tertiary/aromatic N) is 1. The number of aryl methyl sites for hydroxylation is 1. The third kappa shape index (κ3) is 6.16. The number of aromatic nitrogens is 1. The zero-order chi connectivity index (χ0) is 10.8. The standard InChI is InChI=1S/C14H23N/c1-2-3-4-5-6-7-8-9-12-15-13-10-11-14-15/h2,10-11,13-14H,1,3-9,12H2. The highest BCUT2D eigenvalue weighted by Crippen LogP contribution is 2.08. The molecule has 0 spiro atoms. The molecule has 15 heavy (non-hydrogen) atoms. The summed E-state index contributed by atoms with van der Waals surface area (Å²) in [7, 11) is 0. The predicted molar refractivity (Wildman–Crippen MR) is 66.9 cm³/mol. The van der Waals surface area contributed by atoms with Gasteiger partial charge in [0, 0.05) is 18.9 Å². The van der Waals surface area contributed by atoms with Crippen LogP contribution in [0.1, 0.15) is 44.9 Å². The van der Waals surface area contributed by atoms with Crippen LogP contribution in [0.2, 0.25) is 0 Å². The van der Waals surface area contributed by atoms with Gasteiger partial charge in [-0.3, -0.25) is 0 Å². The Labute approximate surface area is 93.8 Å². The minimum atomic E-state index is 1.18. The topological polar surface area (TPSA) is 4.93 Å². The van der Waals surface area contributed by atoms with Crippen molar-refractivity contribution < 1.29 is 0 Å². The molecule has 0 aliphatic carbocycles. The van der Waals surface area contributed by atoms with Crippen LogP contribution in [-0.2, 0) is 6.54 Å². The van der Waals surface area contributed by atoms with E-state index < -0.39 is 0 Å². The molecule has 0 aromatic carbocycles. The summed E-state index contributed by atoms with van der Waals surface area (Å²) in [4.78, 5) is 0. The zero-order valence-corrected chi connectivity index (χ0v) is 9.70. The number of rotatable bonds is 9. The average Bonchev–Trinajstić information content (AvgIpc) is 2.75. The van der Waals surface area contributed by atoms with E-state index in [4.69, 9.17) is 0 Å². The van der Waals surface area contributed by atoms with Gasteiger partial charge in [0.15, 0.2) is 0 Å². The highest BCUT2D eigenvalue weighted by Gasteiger charge is 1.91. The number of allylic oxidation sites excluding steroid dienone is 1. The van der Waals surface area contributed by atoms with Crippen molar-refractivity contribution in [3.63, 3.8) is 0 Å². The van der Waals surface area contributed by atoms with Crippen LogP contribution in [0.5, 0.6) is 0 Å². The summed E-state index contributed by atoms with van der Waals surface area (Å²) in [5.74, 6) is 0. The quantitative estimate of drug-likeness (QED) is 0.416. The van der Waals surface area contributed by atoms with Crippen LogP contribution >= 0.6 is 0 Å². The van der Waals surface area contributed by atoms with Gasteiger partial charge in [-0.15, -0.1) is 6.58 Å². The highest BCUT2D eigenvalue weighted by atomic mass is 14.9. The summed E-state index contributed by atoms with van der Waals surface area (Å²) in [6.45, 7) is 4.91. The second-order valence-electron chi connectivity index (χ2n) is 4.12. The van der Waals surface area contributed by atoms with Crippen molar-refractivity contribution in [1.82, 2.24) is 4.57 Å². The molecular weight excluding hydrogens is 182 g/mol. The van der Waals surface area contributed by atoms with Gasteiger partial charge in [-0.05, 0) is 31.4 Å². The Morgan fingerprint density at radius 2 is 1.47 bits per heavy atom. The second kappa shape index (κ2) is 8.34. The van der Waals surface area contributed by atoms with E-state index in [1.807, 2.05) is 6.08 Å². The maximum Gasteiger partial charge on any atom is 0.0219 e. The van der Waals surface area contributed by atoms with E-state index in [0.717, 1.165) is 0 Å². The number of hydrogen-bond acceptors (Lipinski definition) is 0. The Morgan fingerprint density at radius 3 is 2.13 bits per heavy atom. The molecule has 0 saturated carbocycles. The fraction of sp³-hybridized carbons (Fsp3) is 0.571. The van der Waals surface area contributed by atoms with E-state index in [0.29, 0.717) is 0 Å². The Bertz CT molecular complexity index is 236. The molecule has 1 aromatic rings. The molecule has 0 unspecified atom stereocenters. The van der Waals surface area contributed by atoms with Gasteiger partial charge in [0.25, 0.3) is 0 Å². The maximum absolute atomic E-state index is 3.73. The van der Waals surface area contributed by atoms with E-state index in [2.05, 4.69) is 35.7 Å². The lowest BCUT2D eigenvalue weighted by atomic mass is 10.1. The monoisotopic (exact) mass is 205 g/mol. The van der Waals surface area contributed by atoms with Crippen LogP contribution in [-0.4, -0.2) is 4.57 Å². The van der Waals surface area contributed by atoms with Crippen molar-refractivity contribution in [2.45, 2.75) is 51.5 Å². The third-order valence-electron chi connectivity index (χ3n) is 2.74. The van der Waals surface area contributed by atoms with Crippen molar-refractivity contribution >= 4 is 0 Å². The molecule has 0 N–H and O–H groups in total. The summed E-state index contributed by atoms with van der Waals surface area (Å²) in [6, 6.07) is 4.19. The minimum absolute atomic E-state index is 1.18. The summed E-state index contributed by atoms with van der Waals surface area (Å²) in [5.41, 5.74) is 0. The molecule has 1 heterocycles. The summed E-state index contributed by atoms with van der Waals surface area (Å²) >= 11 is 0. The van der Waals surface area contributed by atoms with Crippen LogP contribution in [0.15, 0.2) is 37.2 Å². The van der Waals surface area contributed by atoms with Gasteiger partial charge in [0.05, 0.1) is 0 Å². The average molecular weight is 205 g/mol. The first-order chi connectivity index (χ1) is 7.43. The Kier molecular flexibility index (Phi) is 6.72. The molecule has 84 valence electrons. The molecule has 0 fully saturated rings. The molecule has 0 aliphatic heterocycles. The Balaban J connectivity index is 1.83. The van der Waals surface area contributed by atoms with Gasteiger partial charge in [0.2, 0.25) is 0 Å². The lowest BCUT2D eigenvalue weighted by molar-refractivity contribution is 0.554. The van der Waals surface area contributed by atoms with Gasteiger partial charge in [-0.2, -0.15) is 0 Å². The van der Waals surface area contributed by atoms with Crippen molar-refractivity contribution in [2.24, 2.45) is 0 Å². The molecular formula is C14H23N. The van der Waals surface area contributed by atoms with Crippen LogP contribution in [0.3, 0.4) is 0 Å². The van der Waals surface area contributed by atoms with Gasteiger partial charge >= 0.3 is 0 Å². The van der Waals surface area contributed by atoms with Crippen molar-refractivity contribution in [3.8, 4) is 0 Å². The summed E-state index contributed by atoms with van der Waals surface area (Å²) in [5, 5.41) is 0. The molecule has 1 nitrogen and oxygen atoms in total. The molecule has 0 atom stereocenters.